The lowest BCUT2D eigenvalue weighted by Crippen LogP contribution is -2.16. The minimum absolute atomic E-state index is 0.290. The number of rotatable bonds is 2. The number of halogens is 1. The Kier molecular flexibility index (Phi) is 3.48. The summed E-state index contributed by atoms with van der Waals surface area (Å²) in [6.45, 7) is 1.85. The van der Waals surface area contributed by atoms with E-state index in [0.717, 1.165) is 5.56 Å². The molecule has 0 aliphatic heterocycles. The molecule has 2 rings (SSSR count). The number of nitrogens with one attached hydrogen (secondary N) is 2. The second-order valence-corrected chi connectivity index (χ2v) is 4.23. The van der Waals surface area contributed by atoms with Gasteiger partial charge >= 0.3 is 0 Å². The van der Waals surface area contributed by atoms with Crippen molar-refractivity contribution < 1.29 is 4.79 Å². The number of anilines is 1. The van der Waals surface area contributed by atoms with Crippen LogP contribution in [0, 0.1) is 6.92 Å². The fourth-order valence-electron chi connectivity index (χ4n) is 1.56. The van der Waals surface area contributed by atoms with Crippen LogP contribution < -0.4 is 10.9 Å². The standard InChI is InChI=1S/C13H11ClN2O2/c1-8-3-2-4-10(14)12(8)16-13(18)9-5-6-15-11(17)7-9/h2-7H,1H3,(H,15,17)(H,16,18). The van der Waals surface area contributed by atoms with Crippen LogP contribution in [0.25, 0.3) is 0 Å². The van der Waals surface area contributed by atoms with Crippen molar-refractivity contribution in [3.63, 3.8) is 0 Å². The lowest BCUT2D eigenvalue weighted by molar-refractivity contribution is 0.102. The highest BCUT2D eigenvalue weighted by Gasteiger charge is 2.10. The van der Waals surface area contributed by atoms with Gasteiger partial charge in [0.15, 0.2) is 0 Å². The number of aromatic amines is 1. The van der Waals surface area contributed by atoms with E-state index in [0.29, 0.717) is 10.7 Å². The first-order valence-electron chi connectivity index (χ1n) is 5.33. The fourth-order valence-corrected chi connectivity index (χ4v) is 1.83. The largest absolute Gasteiger partial charge is 0.329 e. The Bertz CT molecular complexity index is 629. The third-order valence-corrected chi connectivity index (χ3v) is 2.81. The Labute approximate surface area is 109 Å². The molecule has 1 amide bonds. The molecule has 5 heteroatoms. The van der Waals surface area contributed by atoms with Crippen LogP contribution in [-0.2, 0) is 0 Å². The zero-order chi connectivity index (χ0) is 13.1. The Morgan fingerprint density at radius 3 is 2.78 bits per heavy atom. The Morgan fingerprint density at radius 2 is 2.11 bits per heavy atom. The van der Waals surface area contributed by atoms with Crippen LogP contribution in [0.3, 0.4) is 0 Å². The molecule has 0 saturated carbocycles. The molecule has 1 heterocycles. The molecule has 0 unspecified atom stereocenters. The van der Waals surface area contributed by atoms with Gasteiger partial charge in [-0.3, -0.25) is 9.59 Å². The zero-order valence-electron chi connectivity index (χ0n) is 9.66. The predicted molar refractivity (Wildman–Crippen MR) is 71.2 cm³/mol. The van der Waals surface area contributed by atoms with Gasteiger partial charge in [-0.05, 0) is 24.6 Å². The van der Waals surface area contributed by atoms with Crippen LogP contribution >= 0.6 is 11.6 Å². The summed E-state index contributed by atoms with van der Waals surface area (Å²) < 4.78 is 0. The number of H-pyrrole nitrogens is 1. The monoisotopic (exact) mass is 262 g/mol. The van der Waals surface area contributed by atoms with Gasteiger partial charge in [0.1, 0.15) is 0 Å². The van der Waals surface area contributed by atoms with Crippen molar-refractivity contribution in [2.24, 2.45) is 0 Å². The highest BCUT2D eigenvalue weighted by Crippen LogP contribution is 2.25. The number of amides is 1. The first kappa shape index (κ1) is 12.4. The van der Waals surface area contributed by atoms with E-state index >= 15 is 0 Å². The van der Waals surface area contributed by atoms with E-state index in [-0.39, 0.29) is 17.0 Å². The Balaban J connectivity index is 2.30. The molecule has 2 aromatic rings. The van der Waals surface area contributed by atoms with Crippen LogP contribution in [0.4, 0.5) is 5.69 Å². The van der Waals surface area contributed by atoms with Crippen molar-refractivity contribution in [1.29, 1.82) is 0 Å². The van der Waals surface area contributed by atoms with Gasteiger partial charge < -0.3 is 10.3 Å². The second kappa shape index (κ2) is 5.06. The molecule has 2 N–H and O–H groups in total. The average molecular weight is 263 g/mol. The van der Waals surface area contributed by atoms with E-state index in [9.17, 15) is 9.59 Å². The molecule has 1 aromatic carbocycles. The number of aryl methyl sites for hydroxylation is 1. The number of para-hydroxylation sites is 1. The van der Waals surface area contributed by atoms with Gasteiger partial charge in [0, 0.05) is 17.8 Å². The number of hydrogen-bond acceptors (Lipinski definition) is 2. The van der Waals surface area contributed by atoms with E-state index in [1.54, 1.807) is 12.1 Å². The van der Waals surface area contributed by atoms with E-state index < -0.39 is 0 Å². The summed E-state index contributed by atoms with van der Waals surface area (Å²) in [7, 11) is 0. The minimum Gasteiger partial charge on any atom is -0.329 e. The SMILES string of the molecule is Cc1cccc(Cl)c1NC(=O)c1cc[nH]c(=O)c1. The van der Waals surface area contributed by atoms with Crippen molar-refractivity contribution in [1.82, 2.24) is 4.98 Å². The van der Waals surface area contributed by atoms with Crippen molar-refractivity contribution >= 4 is 23.2 Å². The third-order valence-electron chi connectivity index (χ3n) is 2.50. The molecule has 0 aliphatic rings. The average Bonchev–Trinajstić information content (AvgIpc) is 2.34. The molecule has 0 saturated heterocycles. The van der Waals surface area contributed by atoms with Gasteiger partial charge in [0.05, 0.1) is 10.7 Å². The number of benzene rings is 1. The quantitative estimate of drug-likeness (QED) is 0.874. The van der Waals surface area contributed by atoms with Crippen LogP contribution in [-0.4, -0.2) is 10.9 Å². The van der Waals surface area contributed by atoms with E-state index in [2.05, 4.69) is 10.3 Å². The summed E-state index contributed by atoms with van der Waals surface area (Å²) in [6, 6.07) is 8.12. The molecule has 0 fully saturated rings. The molecule has 0 bridgehead atoms. The van der Waals surface area contributed by atoms with Gasteiger partial charge in [-0.1, -0.05) is 23.7 Å². The minimum atomic E-state index is -0.364. The number of pyridine rings is 1. The maximum Gasteiger partial charge on any atom is 0.255 e. The van der Waals surface area contributed by atoms with E-state index in [1.807, 2.05) is 13.0 Å². The van der Waals surface area contributed by atoms with Gasteiger partial charge in [-0.25, -0.2) is 0 Å². The van der Waals surface area contributed by atoms with Crippen molar-refractivity contribution in [3.05, 3.63) is 63.0 Å². The van der Waals surface area contributed by atoms with Crippen LogP contribution in [0.1, 0.15) is 15.9 Å². The molecule has 18 heavy (non-hydrogen) atoms. The highest BCUT2D eigenvalue weighted by atomic mass is 35.5. The summed E-state index contributed by atoms with van der Waals surface area (Å²) in [4.78, 5) is 25.5. The van der Waals surface area contributed by atoms with E-state index in [1.165, 1.54) is 18.3 Å². The van der Waals surface area contributed by atoms with Gasteiger partial charge in [-0.2, -0.15) is 0 Å². The normalized spacial score (nSPS) is 10.1. The van der Waals surface area contributed by atoms with Gasteiger partial charge in [0.25, 0.3) is 5.91 Å². The summed E-state index contributed by atoms with van der Waals surface area (Å²) >= 11 is 6.01. The summed E-state index contributed by atoms with van der Waals surface area (Å²) in [5.41, 5.74) is 1.39. The van der Waals surface area contributed by atoms with Crippen molar-refractivity contribution in [2.45, 2.75) is 6.92 Å². The smallest absolute Gasteiger partial charge is 0.255 e. The lowest BCUT2D eigenvalue weighted by atomic mass is 10.2. The Hall–Kier alpha value is -2.07. The first-order valence-corrected chi connectivity index (χ1v) is 5.71. The number of carbonyl (C=O) groups is 1. The molecular weight excluding hydrogens is 252 g/mol. The van der Waals surface area contributed by atoms with Gasteiger partial charge in [0.2, 0.25) is 5.56 Å². The first-order chi connectivity index (χ1) is 8.58. The number of carbonyl (C=O) groups excluding carboxylic acids is 1. The highest BCUT2D eigenvalue weighted by molar-refractivity contribution is 6.34. The van der Waals surface area contributed by atoms with E-state index in [4.69, 9.17) is 11.6 Å². The molecule has 92 valence electrons. The molecular formula is C13H11ClN2O2. The predicted octanol–water partition coefficient (Wildman–Crippen LogP) is 2.59. The molecule has 0 aliphatic carbocycles. The zero-order valence-corrected chi connectivity index (χ0v) is 10.4. The van der Waals surface area contributed by atoms with Gasteiger partial charge in [-0.15, -0.1) is 0 Å². The maximum absolute atomic E-state index is 11.9. The Morgan fingerprint density at radius 1 is 1.33 bits per heavy atom. The summed E-state index contributed by atoms with van der Waals surface area (Å²) in [5.74, 6) is -0.364. The number of hydrogen-bond donors (Lipinski definition) is 2. The van der Waals surface area contributed by atoms with Crippen LogP contribution in [0.2, 0.25) is 5.02 Å². The third kappa shape index (κ3) is 2.60. The maximum atomic E-state index is 11.9. The van der Waals surface area contributed by atoms with Crippen LogP contribution in [0.15, 0.2) is 41.3 Å². The van der Waals surface area contributed by atoms with Crippen molar-refractivity contribution in [2.75, 3.05) is 5.32 Å². The van der Waals surface area contributed by atoms with Crippen molar-refractivity contribution in [3.8, 4) is 0 Å². The molecule has 0 radical (unpaired) electrons. The topological polar surface area (TPSA) is 62.0 Å². The van der Waals surface area contributed by atoms with Crippen LogP contribution in [0.5, 0.6) is 0 Å². The molecule has 1 aromatic heterocycles. The second-order valence-electron chi connectivity index (χ2n) is 3.83. The lowest BCUT2D eigenvalue weighted by Gasteiger charge is -2.09. The molecule has 0 atom stereocenters. The fraction of sp³-hybridized carbons (Fsp3) is 0.0769. The molecule has 0 spiro atoms. The summed E-state index contributed by atoms with van der Waals surface area (Å²) in [6.07, 6.45) is 1.43. The summed E-state index contributed by atoms with van der Waals surface area (Å²) in [5, 5.41) is 3.16. The number of aromatic nitrogens is 1. The molecule has 4 nitrogen and oxygen atoms in total.